The minimum absolute atomic E-state index is 0. The summed E-state index contributed by atoms with van der Waals surface area (Å²) in [7, 11) is 0. The van der Waals surface area contributed by atoms with Crippen LogP contribution in [0.2, 0.25) is 0 Å². The average Bonchev–Trinajstić information content (AvgIpc) is 3.18. The first-order valence-electron chi connectivity index (χ1n) is 10.0. The number of anilines is 2. The number of rotatable bonds is 7. The molecule has 4 rings (SSSR count). The smallest absolute Gasteiger partial charge is 0.272 e. The number of nitrogens with zero attached hydrogens (tertiary/aromatic N) is 4. The van der Waals surface area contributed by atoms with Crippen molar-refractivity contribution in [3.8, 4) is 0 Å². The lowest BCUT2D eigenvalue weighted by molar-refractivity contribution is 0.0948. The molecule has 1 aliphatic heterocycles. The molecule has 3 heterocycles. The SMILES string of the molecule is Cl.Nc1cccnc1C(=O)NCCCCN1CCN(c2nsc3ccccc23)CC1. The van der Waals surface area contributed by atoms with Crippen LogP contribution in [0.25, 0.3) is 10.1 Å². The second kappa shape index (κ2) is 10.6. The normalized spacial score (nSPS) is 14.5. The summed E-state index contributed by atoms with van der Waals surface area (Å²) in [4.78, 5) is 21.0. The molecule has 3 N–H and O–H groups in total. The molecule has 0 unspecified atom stereocenters. The summed E-state index contributed by atoms with van der Waals surface area (Å²) >= 11 is 1.58. The minimum atomic E-state index is -0.202. The number of halogens is 1. The Morgan fingerprint density at radius 1 is 1.10 bits per heavy atom. The van der Waals surface area contributed by atoms with Crippen LogP contribution < -0.4 is 16.0 Å². The Hall–Kier alpha value is -2.42. The van der Waals surface area contributed by atoms with Crippen molar-refractivity contribution in [3.63, 3.8) is 0 Å². The van der Waals surface area contributed by atoms with Crippen LogP contribution >= 0.6 is 23.9 Å². The Kier molecular flexibility index (Phi) is 7.84. The monoisotopic (exact) mass is 446 g/mol. The molecule has 1 saturated heterocycles. The van der Waals surface area contributed by atoms with E-state index in [0.29, 0.717) is 17.9 Å². The van der Waals surface area contributed by atoms with Crippen LogP contribution in [0.15, 0.2) is 42.6 Å². The van der Waals surface area contributed by atoms with Gasteiger partial charge in [-0.1, -0.05) is 12.1 Å². The predicted octanol–water partition coefficient (Wildman–Crippen LogP) is 3.03. The van der Waals surface area contributed by atoms with Crippen LogP contribution in [-0.4, -0.2) is 59.4 Å². The number of fused-ring (bicyclic) bond motifs is 1. The van der Waals surface area contributed by atoms with E-state index in [9.17, 15) is 4.79 Å². The number of carbonyl (C=O) groups excluding carboxylic acids is 1. The molecular weight excluding hydrogens is 420 g/mol. The highest BCUT2D eigenvalue weighted by molar-refractivity contribution is 7.13. The van der Waals surface area contributed by atoms with Gasteiger partial charge in [0.15, 0.2) is 5.69 Å². The molecule has 0 bridgehead atoms. The number of hydrogen-bond donors (Lipinski definition) is 2. The molecule has 2 aromatic heterocycles. The van der Waals surface area contributed by atoms with Gasteiger partial charge >= 0.3 is 0 Å². The number of unbranched alkanes of at least 4 members (excludes halogenated alkanes) is 1. The number of piperazine rings is 1. The van der Waals surface area contributed by atoms with Crippen LogP contribution in [-0.2, 0) is 0 Å². The van der Waals surface area contributed by atoms with E-state index in [0.717, 1.165) is 51.4 Å². The largest absolute Gasteiger partial charge is 0.397 e. The molecule has 160 valence electrons. The lowest BCUT2D eigenvalue weighted by Crippen LogP contribution is -2.46. The number of nitrogens with one attached hydrogen (secondary N) is 1. The molecule has 1 aliphatic rings. The molecule has 30 heavy (non-hydrogen) atoms. The number of nitrogen functional groups attached to an aromatic ring is 1. The number of pyridine rings is 1. The van der Waals surface area contributed by atoms with E-state index in [1.165, 1.54) is 10.1 Å². The molecule has 0 radical (unpaired) electrons. The highest BCUT2D eigenvalue weighted by Crippen LogP contribution is 2.29. The van der Waals surface area contributed by atoms with Crippen LogP contribution in [0.3, 0.4) is 0 Å². The van der Waals surface area contributed by atoms with Crippen molar-refractivity contribution >= 4 is 51.4 Å². The minimum Gasteiger partial charge on any atom is -0.397 e. The van der Waals surface area contributed by atoms with Crippen LogP contribution in [0.4, 0.5) is 11.5 Å². The maximum Gasteiger partial charge on any atom is 0.272 e. The number of aromatic nitrogens is 2. The zero-order valence-electron chi connectivity index (χ0n) is 16.8. The van der Waals surface area contributed by atoms with Crippen molar-refractivity contribution in [3.05, 3.63) is 48.3 Å². The second-order valence-electron chi connectivity index (χ2n) is 7.24. The summed E-state index contributed by atoms with van der Waals surface area (Å²) in [6, 6.07) is 11.9. The Morgan fingerprint density at radius 2 is 1.90 bits per heavy atom. The standard InChI is InChI=1S/C21H26N6OS.ClH/c22-17-7-5-10-23-19(17)21(28)24-9-3-4-11-26-12-14-27(15-13-26)20-16-6-1-2-8-18(16)29-25-20;/h1-2,5-8,10H,3-4,9,11-15,22H2,(H,24,28);1H. The maximum absolute atomic E-state index is 12.1. The molecule has 0 aliphatic carbocycles. The summed E-state index contributed by atoms with van der Waals surface area (Å²) in [5.41, 5.74) is 6.51. The topological polar surface area (TPSA) is 87.4 Å². The Balaban J connectivity index is 0.00000256. The van der Waals surface area contributed by atoms with E-state index in [2.05, 4.69) is 48.7 Å². The van der Waals surface area contributed by atoms with Gasteiger partial charge in [0.05, 0.1) is 10.4 Å². The van der Waals surface area contributed by atoms with Crippen molar-refractivity contribution in [2.24, 2.45) is 0 Å². The van der Waals surface area contributed by atoms with Gasteiger partial charge in [-0.2, -0.15) is 4.37 Å². The molecular formula is C21H27ClN6OS. The third-order valence-electron chi connectivity index (χ3n) is 5.27. The van der Waals surface area contributed by atoms with Crippen LogP contribution in [0.1, 0.15) is 23.3 Å². The second-order valence-corrected chi connectivity index (χ2v) is 8.04. The van der Waals surface area contributed by atoms with Crippen molar-refractivity contribution in [1.29, 1.82) is 0 Å². The highest BCUT2D eigenvalue weighted by Gasteiger charge is 2.20. The predicted molar refractivity (Wildman–Crippen MR) is 126 cm³/mol. The van der Waals surface area contributed by atoms with Crippen molar-refractivity contribution in [2.75, 3.05) is 49.9 Å². The number of amides is 1. The summed E-state index contributed by atoms with van der Waals surface area (Å²) in [5, 5.41) is 4.16. The number of hydrogen-bond acceptors (Lipinski definition) is 7. The van der Waals surface area contributed by atoms with Gasteiger partial charge in [0.1, 0.15) is 5.82 Å². The van der Waals surface area contributed by atoms with E-state index < -0.39 is 0 Å². The van der Waals surface area contributed by atoms with Gasteiger partial charge in [-0.3, -0.25) is 9.69 Å². The molecule has 0 atom stereocenters. The van der Waals surface area contributed by atoms with Gasteiger partial charge in [0.2, 0.25) is 0 Å². The van der Waals surface area contributed by atoms with E-state index >= 15 is 0 Å². The van der Waals surface area contributed by atoms with Crippen LogP contribution in [0.5, 0.6) is 0 Å². The van der Waals surface area contributed by atoms with Crippen molar-refractivity contribution in [1.82, 2.24) is 19.6 Å². The first kappa shape index (κ1) is 22.3. The van der Waals surface area contributed by atoms with Crippen molar-refractivity contribution < 1.29 is 4.79 Å². The molecule has 9 heteroatoms. The van der Waals surface area contributed by atoms with Gasteiger partial charge in [0.25, 0.3) is 5.91 Å². The number of benzene rings is 1. The lowest BCUT2D eigenvalue weighted by Gasteiger charge is -2.35. The highest BCUT2D eigenvalue weighted by atomic mass is 35.5. The summed E-state index contributed by atoms with van der Waals surface area (Å²) < 4.78 is 5.92. The summed E-state index contributed by atoms with van der Waals surface area (Å²) in [6.07, 6.45) is 3.58. The van der Waals surface area contributed by atoms with Crippen LogP contribution in [0, 0.1) is 0 Å². The van der Waals surface area contributed by atoms with Gasteiger partial charge in [-0.05, 0) is 55.2 Å². The fraction of sp³-hybridized carbons (Fsp3) is 0.381. The van der Waals surface area contributed by atoms with E-state index in [-0.39, 0.29) is 18.3 Å². The Labute approximate surface area is 186 Å². The van der Waals surface area contributed by atoms with Crippen molar-refractivity contribution in [2.45, 2.75) is 12.8 Å². The average molecular weight is 447 g/mol. The number of carbonyl (C=O) groups is 1. The van der Waals surface area contributed by atoms with Gasteiger partial charge in [-0.15, -0.1) is 12.4 Å². The molecule has 0 spiro atoms. The molecule has 1 fully saturated rings. The maximum atomic E-state index is 12.1. The first-order chi connectivity index (χ1) is 14.2. The third-order valence-corrected chi connectivity index (χ3v) is 6.09. The third kappa shape index (κ3) is 5.19. The Bertz CT molecular complexity index is 973. The first-order valence-corrected chi connectivity index (χ1v) is 10.8. The fourth-order valence-corrected chi connectivity index (χ4v) is 4.43. The van der Waals surface area contributed by atoms with Gasteiger partial charge < -0.3 is 16.0 Å². The quantitative estimate of drug-likeness (QED) is 0.542. The molecule has 7 nitrogen and oxygen atoms in total. The molecule has 0 saturated carbocycles. The molecule has 3 aromatic rings. The van der Waals surface area contributed by atoms with Gasteiger partial charge in [-0.25, -0.2) is 4.98 Å². The lowest BCUT2D eigenvalue weighted by atomic mass is 10.2. The fourth-order valence-electron chi connectivity index (χ4n) is 3.64. The zero-order chi connectivity index (χ0) is 20.1. The van der Waals surface area contributed by atoms with E-state index in [4.69, 9.17) is 5.73 Å². The van der Waals surface area contributed by atoms with E-state index in [1.54, 1.807) is 29.9 Å². The van der Waals surface area contributed by atoms with Gasteiger partial charge in [0, 0.05) is 44.3 Å². The molecule has 1 amide bonds. The Morgan fingerprint density at radius 3 is 2.70 bits per heavy atom. The summed E-state index contributed by atoms with van der Waals surface area (Å²) in [6.45, 7) is 5.78. The number of nitrogens with two attached hydrogens (primary N) is 1. The zero-order valence-corrected chi connectivity index (χ0v) is 18.4. The van der Waals surface area contributed by atoms with E-state index in [1.807, 2.05) is 0 Å². The molecule has 1 aromatic carbocycles. The summed E-state index contributed by atoms with van der Waals surface area (Å²) in [5.74, 6) is 0.925.